The van der Waals surface area contributed by atoms with Crippen LogP contribution in [0, 0.1) is 28.6 Å². The number of rotatable bonds is 11. The number of aliphatic hydroxyl groups is 2. The van der Waals surface area contributed by atoms with Gasteiger partial charge in [-0.3, -0.25) is 14.2 Å². The number of Topliss-reactive ketones (excluding diaryl/α,β-unsaturated/α-hetero) is 1. The van der Waals surface area contributed by atoms with E-state index in [9.17, 15) is 24.4 Å². The molecule has 1 aromatic carbocycles. The number of benzene rings is 1. The minimum Gasteiger partial charge on any atom is -0.444 e. The number of amides is 1. The van der Waals surface area contributed by atoms with Gasteiger partial charge in [0.2, 0.25) is 13.2 Å². The predicted molar refractivity (Wildman–Crippen MR) is 244 cm³/mol. The fraction of sp³-hybridized carbons (Fsp3) is 0.735. The van der Waals surface area contributed by atoms with Gasteiger partial charge >= 0.3 is 6.09 Å². The molecule has 2 unspecified atom stereocenters. The summed E-state index contributed by atoms with van der Waals surface area (Å²) in [6, 6.07) is 5.20. The maximum Gasteiger partial charge on any atom is 0.410 e. The van der Waals surface area contributed by atoms with E-state index in [1.54, 1.807) is 52.0 Å². The molecule has 0 aromatic heterocycles. The van der Waals surface area contributed by atoms with E-state index < -0.39 is 88.1 Å². The molecule has 0 spiro atoms. The highest BCUT2D eigenvalue weighted by atomic mass is 32.2. The Bertz CT molecular complexity index is 2070. The second-order valence-electron chi connectivity index (χ2n) is 22.2. The number of aliphatic hydroxyl groups excluding tert-OH is 2. The number of allylic oxidation sites excluding steroid dienone is 4. The Balaban J connectivity index is 1.19. The highest BCUT2D eigenvalue weighted by molar-refractivity contribution is 7.96. The van der Waals surface area contributed by atoms with Crippen LogP contribution < -0.4 is 4.52 Å². The van der Waals surface area contributed by atoms with Gasteiger partial charge in [0.1, 0.15) is 17.1 Å². The Morgan fingerprint density at radius 2 is 1.75 bits per heavy atom. The SMILES string of the molecule is C[S+](CC(=O)[C@@]12O[C@H](C3CCCCC3)O[C@@H]1C[C@H]1[C@@H]3CCC4=CC(=O)C=C[C@]4(C)[C@@]3(F)[C@@H](O)C[C@@]12C)Cc1cc(C(O)CN(C(=O)OC(C)(C)C)C(C)(C)C)ccc1OP(C)(C)=O. The fourth-order valence-corrected chi connectivity index (χ4v) is 14.4. The van der Waals surface area contributed by atoms with Crippen molar-refractivity contribution in [3.05, 3.63) is 53.1 Å². The molecule has 0 radical (unpaired) electrons. The topological polar surface area (TPSA) is 149 Å². The van der Waals surface area contributed by atoms with Crippen LogP contribution >= 0.6 is 7.37 Å². The molecule has 0 bridgehead atoms. The quantitative estimate of drug-likeness (QED) is 0.163. The monoisotopic (exact) mass is 916 g/mol. The number of β-amino-alcohol motifs (C(OH)–C–C–N with tert-alkyl or cyclic N) is 1. The first-order valence-corrected chi connectivity index (χ1v) is 27.4. The molecule has 1 heterocycles. The van der Waals surface area contributed by atoms with Crippen LogP contribution in [-0.2, 0) is 45.0 Å². The highest BCUT2D eigenvalue weighted by Gasteiger charge is 2.80. The molecule has 1 saturated heterocycles. The number of hydrogen-bond acceptors (Lipinski definition) is 10. The molecule has 7 rings (SSSR count). The second-order valence-corrected chi connectivity index (χ2v) is 27.1. The Morgan fingerprint density at radius 1 is 1.06 bits per heavy atom. The lowest BCUT2D eigenvalue weighted by Gasteiger charge is -2.62. The lowest BCUT2D eigenvalue weighted by molar-refractivity contribution is -0.234. The van der Waals surface area contributed by atoms with Crippen molar-refractivity contribution < 1.29 is 52.3 Å². The third kappa shape index (κ3) is 8.79. The van der Waals surface area contributed by atoms with Crippen molar-refractivity contribution in [3.8, 4) is 5.75 Å². The van der Waals surface area contributed by atoms with Gasteiger partial charge in [-0.1, -0.05) is 43.9 Å². The van der Waals surface area contributed by atoms with Crippen molar-refractivity contribution in [1.82, 2.24) is 4.90 Å². The van der Waals surface area contributed by atoms with Gasteiger partial charge in [-0.2, -0.15) is 0 Å². The van der Waals surface area contributed by atoms with E-state index in [4.69, 9.17) is 18.7 Å². The number of nitrogens with zero attached hydrogens (tertiary/aromatic N) is 1. The van der Waals surface area contributed by atoms with Crippen molar-refractivity contribution in [2.45, 2.75) is 166 Å². The van der Waals surface area contributed by atoms with Gasteiger partial charge in [-0.05, 0) is 134 Å². The summed E-state index contributed by atoms with van der Waals surface area (Å²) >= 11 is 0. The molecule has 2 N–H and O–H groups in total. The van der Waals surface area contributed by atoms with Crippen LogP contribution in [0.4, 0.5) is 9.18 Å². The van der Waals surface area contributed by atoms with Gasteiger partial charge in [0, 0.05) is 47.1 Å². The van der Waals surface area contributed by atoms with E-state index in [0.29, 0.717) is 47.5 Å². The number of fused-ring (bicyclic) bond motifs is 7. The molecule has 11 atom stereocenters. The molecule has 4 saturated carbocycles. The van der Waals surface area contributed by atoms with E-state index >= 15 is 9.18 Å². The molecule has 5 fully saturated rings. The molecule has 63 heavy (non-hydrogen) atoms. The number of ketones is 2. The number of halogens is 1. The van der Waals surface area contributed by atoms with E-state index in [1.807, 2.05) is 34.0 Å². The van der Waals surface area contributed by atoms with Crippen LogP contribution in [0.2, 0.25) is 0 Å². The van der Waals surface area contributed by atoms with Crippen molar-refractivity contribution in [2.75, 3.05) is 31.9 Å². The van der Waals surface area contributed by atoms with Crippen LogP contribution in [0.15, 0.2) is 42.0 Å². The molecular weight excluding hydrogens is 845 g/mol. The van der Waals surface area contributed by atoms with Crippen LogP contribution in [0.25, 0.3) is 0 Å². The first-order valence-electron chi connectivity index (χ1n) is 23.0. The maximum absolute atomic E-state index is 18.2. The van der Waals surface area contributed by atoms with Crippen LogP contribution in [0.5, 0.6) is 5.75 Å². The lowest BCUT2D eigenvalue weighted by atomic mass is 9.44. The lowest BCUT2D eigenvalue weighted by Crippen LogP contribution is -2.70. The minimum atomic E-state index is -3.03. The van der Waals surface area contributed by atoms with Gasteiger partial charge in [-0.15, -0.1) is 0 Å². The van der Waals surface area contributed by atoms with Gasteiger partial charge in [-0.25, -0.2) is 9.18 Å². The van der Waals surface area contributed by atoms with E-state index in [2.05, 4.69) is 0 Å². The molecule has 6 aliphatic rings. The molecular formula is C49H72FNO10PS+. The summed E-state index contributed by atoms with van der Waals surface area (Å²) in [6.07, 6.45) is 8.86. The Morgan fingerprint density at radius 3 is 2.38 bits per heavy atom. The van der Waals surface area contributed by atoms with Crippen LogP contribution in [-0.4, -0.2) is 106 Å². The second kappa shape index (κ2) is 17.0. The summed E-state index contributed by atoms with van der Waals surface area (Å²) < 4.78 is 57.0. The summed E-state index contributed by atoms with van der Waals surface area (Å²) in [5.41, 5.74) is -5.09. The third-order valence-electron chi connectivity index (χ3n) is 15.2. The smallest absolute Gasteiger partial charge is 0.410 e. The average molecular weight is 917 g/mol. The van der Waals surface area contributed by atoms with Gasteiger partial charge in [0.15, 0.2) is 29.1 Å². The first kappa shape index (κ1) is 48.4. The molecule has 14 heteroatoms. The third-order valence-corrected chi connectivity index (χ3v) is 17.4. The zero-order valence-electron chi connectivity index (χ0n) is 39.3. The molecule has 350 valence electrons. The standard InChI is InChI=1S/C49H72FNO10PS/c1-44(2,3)51(43(56)60-45(4,5)6)27-37(53)31-17-20-38(61-62(9,10)57)32(23-31)28-63(11)29-40(55)49-41(58-42(59-49)30-15-13-12-14-16-30)25-36-35-19-18-33-24-34(52)21-22-46(33,7)48(35,50)39(54)26-47(36,49)8/h17,20-24,30,35-37,39,41-42,53-54H,12-16,18-19,25-29H2,1-11H3/q+1/t35-,36-,37?,39-,41+,42+,46-,47-,48-,49+,63?/m0/s1. The first-order chi connectivity index (χ1) is 29.1. The Kier molecular flexibility index (Phi) is 13.0. The van der Waals surface area contributed by atoms with Crippen molar-refractivity contribution in [1.29, 1.82) is 0 Å². The zero-order chi connectivity index (χ0) is 46.3. The molecule has 11 nitrogen and oxygen atoms in total. The largest absolute Gasteiger partial charge is 0.444 e. The number of alkyl halides is 1. The average Bonchev–Trinajstić information content (AvgIpc) is 3.67. The zero-order valence-corrected chi connectivity index (χ0v) is 41.0. The van der Waals surface area contributed by atoms with Gasteiger partial charge in [0.25, 0.3) is 0 Å². The van der Waals surface area contributed by atoms with Crippen LogP contribution in [0.1, 0.15) is 130 Å². The Hall–Kier alpha value is -2.54. The summed E-state index contributed by atoms with van der Waals surface area (Å²) in [5.74, 6) is -0.247. The van der Waals surface area contributed by atoms with Crippen molar-refractivity contribution in [2.24, 2.45) is 28.6 Å². The summed E-state index contributed by atoms with van der Waals surface area (Å²) in [4.78, 5) is 42.8. The van der Waals surface area contributed by atoms with Gasteiger partial charge < -0.3 is 33.8 Å². The fourth-order valence-electron chi connectivity index (χ4n) is 12.2. The molecule has 1 amide bonds. The molecule has 1 aromatic rings. The number of carbonyl (C=O) groups is 3. The maximum atomic E-state index is 18.2. The minimum absolute atomic E-state index is 0.00485. The van der Waals surface area contributed by atoms with E-state index in [0.717, 1.165) is 32.1 Å². The number of ether oxygens (including phenoxy) is 3. The number of hydrogen-bond donors (Lipinski definition) is 2. The summed E-state index contributed by atoms with van der Waals surface area (Å²) in [5, 5.41) is 23.9. The van der Waals surface area contributed by atoms with E-state index in [1.165, 1.54) is 30.4 Å². The Labute approximate surface area is 377 Å². The molecule has 1 aliphatic heterocycles. The summed E-state index contributed by atoms with van der Waals surface area (Å²) in [6.45, 7) is 17.8. The highest BCUT2D eigenvalue weighted by Crippen LogP contribution is 2.72. The van der Waals surface area contributed by atoms with Gasteiger partial charge in [0.05, 0.1) is 31.1 Å². The summed E-state index contributed by atoms with van der Waals surface area (Å²) in [7, 11) is -3.69. The van der Waals surface area contributed by atoms with E-state index in [-0.39, 0.29) is 42.1 Å². The molecule has 5 aliphatic carbocycles. The normalized spacial score (nSPS) is 35.4. The number of carbonyl (C=O) groups excluding carboxylic acids is 3. The van der Waals surface area contributed by atoms with Crippen molar-refractivity contribution >= 4 is 35.9 Å². The van der Waals surface area contributed by atoms with Crippen molar-refractivity contribution in [3.63, 3.8) is 0 Å². The predicted octanol–water partition coefficient (Wildman–Crippen LogP) is 9.03. The van der Waals surface area contributed by atoms with Crippen LogP contribution in [0.3, 0.4) is 0 Å².